The minimum Gasteiger partial charge on any atom is -0.461 e. The van der Waals surface area contributed by atoms with Gasteiger partial charge in [-0.25, -0.2) is 4.79 Å². The van der Waals surface area contributed by atoms with E-state index in [1.807, 2.05) is 6.92 Å². The van der Waals surface area contributed by atoms with Gasteiger partial charge in [0, 0.05) is 12.2 Å². The molecule has 1 unspecified atom stereocenters. The van der Waals surface area contributed by atoms with Crippen molar-refractivity contribution in [1.82, 2.24) is 10.2 Å². The summed E-state index contributed by atoms with van der Waals surface area (Å²) >= 11 is 0. The lowest BCUT2D eigenvalue weighted by Crippen LogP contribution is -2.43. The Morgan fingerprint density at radius 3 is 2.94 bits per heavy atom. The molecule has 0 aromatic heterocycles. The van der Waals surface area contributed by atoms with Gasteiger partial charge in [-0.15, -0.1) is 0 Å². The standard InChI is InChI=1S/C13H22N2O2/c1-4-17-13(16)11-10-7-5-6-8-15(10)12(14-11)9(2)3/h9,12,14H,4-8H2,1-3H3. The first-order valence-corrected chi connectivity index (χ1v) is 6.58. The molecule has 2 rings (SSSR count). The van der Waals surface area contributed by atoms with Crippen LogP contribution in [0.4, 0.5) is 0 Å². The average molecular weight is 238 g/mol. The van der Waals surface area contributed by atoms with E-state index in [1.165, 1.54) is 12.8 Å². The Kier molecular flexibility index (Phi) is 3.60. The molecule has 17 heavy (non-hydrogen) atoms. The molecule has 4 heteroatoms. The number of fused-ring (bicyclic) bond motifs is 1. The van der Waals surface area contributed by atoms with Crippen LogP contribution in [0.25, 0.3) is 0 Å². The lowest BCUT2D eigenvalue weighted by atomic mass is 10.0. The first-order chi connectivity index (χ1) is 8.15. The minimum atomic E-state index is -0.197. The van der Waals surface area contributed by atoms with E-state index in [1.54, 1.807) is 0 Å². The van der Waals surface area contributed by atoms with Gasteiger partial charge >= 0.3 is 5.97 Å². The van der Waals surface area contributed by atoms with E-state index in [4.69, 9.17) is 4.74 Å². The fraction of sp³-hybridized carbons (Fsp3) is 0.769. The molecule has 0 spiro atoms. The molecule has 1 atom stereocenters. The number of nitrogens with one attached hydrogen (secondary N) is 1. The van der Waals surface area contributed by atoms with Crippen molar-refractivity contribution in [2.75, 3.05) is 13.2 Å². The Hall–Kier alpha value is -1.19. The van der Waals surface area contributed by atoms with E-state index in [-0.39, 0.29) is 12.1 Å². The number of nitrogens with zero attached hydrogens (tertiary/aromatic N) is 1. The number of allylic oxidation sites excluding steroid dienone is 1. The molecule has 0 bridgehead atoms. The summed E-state index contributed by atoms with van der Waals surface area (Å²) in [6.45, 7) is 7.68. The second kappa shape index (κ2) is 4.98. The number of hydrogen-bond acceptors (Lipinski definition) is 4. The fourth-order valence-corrected chi connectivity index (χ4v) is 2.64. The Labute approximate surface area is 103 Å². The van der Waals surface area contributed by atoms with Crippen molar-refractivity contribution in [3.8, 4) is 0 Å². The van der Waals surface area contributed by atoms with Crippen molar-refractivity contribution in [3.05, 3.63) is 11.4 Å². The van der Waals surface area contributed by atoms with Crippen LogP contribution in [0, 0.1) is 5.92 Å². The van der Waals surface area contributed by atoms with Crippen molar-refractivity contribution in [1.29, 1.82) is 0 Å². The van der Waals surface area contributed by atoms with Gasteiger partial charge in [0.05, 0.1) is 6.61 Å². The highest BCUT2D eigenvalue weighted by Crippen LogP contribution is 2.32. The molecule has 0 radical (unpaired) electrons. The van der Waals surface area contributed by atoms with E-state index in [2.05, 4.69) is 24.1 Å². The molecule has 0 saturated carbocycles. The molecule has 1 saturated heterocycles. The van der Waals surface area contributed by atoms with Gasteiger partial charge in [-0.2, -0.15) is 0 Å². The second-order valence-electron chi connectivity index (χ2n) is 5.03. The SMILES string of the molecule is CCOC(=O)C1=C2CCCCN2C(C(C)C)N1. The highest BCUT2D eigenvalue weighted by molar-refractivity contribution is 5.89. The van der Waals surface area contributed by atoms with Crippen LogP contribution in [0.3, 0.4) is 0 Å². The van der Waals surface area contributed by atoms with Gasteiger partial charge in [0.2, 0.25) is 0 Å². The fourth-order valence-electron chi connectivity index (χ4n) is 2.64. The number of esters is 1. The summed E-state index contributed by atoms with van der Waals surface area (Å²) in [7, 11) is 0. The topological polar surface area (TPSA) is 41.6 Å². The van der Waals surface area contributed by atoms with E-state index in [9.17, 15) is 4.79 Å². The Morgan fingerprint density at radius 1 is 1.53 bits per heavy atom. The molecule has 0 amide bonds. The van der Waals surface area contributed by atoms with E-state index in [0.29, 0.717) is 18.2 Å². The molecule has 1 N–H and O–H groups in total. The maximum Gasteiger partial charge on any atom is 0.356 e. The lowest BCUT2D eigenvalue weighted by molar-refractivity contribution is -0.139. The zero-order chi connectivity index (χ0) is 12.4. The summed E-state index contributed by atoms with van der Waals surface area (Å²) in [5, 5.41) is 3.35. The van der Waals surface area contributed by atoms with Crippen LogP contribution >= 0.6 is 0 Å². The van der Waals surface area contributed by atoms with E-state index in [0.717, 1.165) is 18.7 Å². The first kappa shape index (κ1) is 12.3. The minimum absolute atomic E-state index is 0.197. The summed E-state index contributed by atoms with van der Waals surface area (Å²) in [4.78, 5) is 14.2. The van der Waals surface area contributed by atoms with Gasteiger partial charge in [-0.1, -0.05) is 13.8 Å². The third kappa shape index (κ3) is 2.26. The Morgan fingerprint density at radius 2 is 2.29 bits per heavy atom. The van der Waals surface area contributed by atoms with Crippen molar-refractivity contribution < 1.29 is 9.53 Å². The van der Waals surface area contributed by atoms with Crippen LogP contribution in [0.2, 0.25) is 0 Å². The molecule has 1 fully saturated rings. The van der Waals surface area contributed by atoms with Gasteiger partial charge in [0.25, 0.3) is 0 Å². The quantitative estimate of drug-likeness (QED) is 0.762. The maximum absolute atomic E-state index is 11.9. The van der Waals surface area contributed by atoms with Gasteiger partial charge in [-0.05, 0) is 32.1 Å². The van der Waals surface area contributed by atoms with Crippen LogP contribution in [-0.2, 0) is 9.53 Å². The zero-order valence-electron chi connectivity index (χ0n) is 11.0. The molecular formula is C13H22N2O2. The highest BCUT2D eigenvalue weighted by atomic mass is 16.5. The van der Waals surface area contributed by atoms with Crippen molar-refractivity contribution in [2.24, 2.45) is 5.92 Å². The summed E-state index contributed by atoms with van der Waals surface area (Å²) < 4.78 is 5.12. The first-order valence-electron chi connectivity index (χ1n) is 6.58. The van der Waals surface area contributed by atoms with Crippen molar-refractivity contribution in [3.63, 3.8) is 0 Å². The summed E-state index contributed by atoms with van der Waals surface area (Å²) in [6.07, 6.45) is 3.63. The summed E-state index contributed by atoms with van der Waals surface area (Å²) in [5.74, 6) is 0.285. The third-order valence-corrected chi connectivity index (χ3v) is 3.44. The normalized spacial score (nSPS) is 23.8. The lowest BCUT2D eigenvalue weighted by Gasteiger charge is -2.34. The largest absolute Gasteiger partial charge is 0.461 e. The van der Waals surface area contributed by atoms with Crippen LogP contribution in [0.1, 0.15) is 40.0 Å². The summed E-state index contributed by atoms with van der Waals surface area (Å²) in [5.41, 5.74) is 1.86. The predicted octanol–water partition coefficient (Wildman–Crippen LogP) is 1.83. The zero-order valence-corrected chi connectivity index (χ0v) is 11.0. The molecule has 0 aliphatic carbocycles. The second-order valence-corrected chi connectivity index (χ2v) is 5.03. The van der Waals surface area contributed by atoms with Gasteiger partial charge in [-0.3, -0.25) is 0 Å². The molecule has 2 aliphatic heterocycles. The number of hydrogen-bond donors (Lipinski definition) is 1. The van der Waals surface area contributed by atoms with Gasteiger partial charge in [0.1, 0.15) is 11.9 Å². The third-order valence-electron chi connectivity index (χ3n) is 3.44. The summed E-state index contributed by atoms with van der Waals surface area (Å²) in [6, 6.07) is 0. The molecule has 4 nitrogen and oxygen atoms in total. The molecule has 96 valence electrons. The number of ether oxygens (including phenoxy) is 1. The molecule has 0 aromatic carbocycles. The van der Waals surface area contributed by atoms with Crippen LogP contribution in [0.15, 0.2) is 11.4 Å². The number of rotatable bonds is 3. The molecular weight excluding hydrogens is 216 g/mol. The van der Waals surface area contributed by atoms with Gasteiger partial charge in [0.15, 0.2) is 0 Å². The van der Waals surface area contributed by atoms with Crippen molar-refractivity contribution >= 4 is 5.97 Å². The predicted molar refractivity (Wildman–Crippen MR) is 66.0 cm³/mol. The number of piperidine rings is 1. The van der Waals surface area contributed by atoms with Crippen molar-refractivity contribution in [2.45, 2.75) is 46.2 Å². The smallest absolute Gasteiger partial charge is 0.356 e. The molecule has 0 aromatic rings. The van der Waals surface area contributed by atoms with Crippen LogP contribution < -0.4 is 5.32 Å². The van der Waals surface area contributed by atoms with Crippen LogP contribution in [-0.4, -0.2) is 30.2 Å². The number of carbonyl (C=O) groups is 1. The molecule has 2 heterocycles. The van der Waals surface area contributed by atoms with E-state index >= 15 is 0 Å². The maximum atomic E-state index is 11.9. The Bertz CT molecular complexity index is 336. The average Bonchev–Trinajstić information content (AvgIpc) is 2.69. The van der Waals surface area contributed by atoms with Gasteiger partial charge < -0.3 is 15.0 Å². The molecule has 2 aliphatic rings. The van der Waals surface area contributed by atoms with Crippen LogP contribution in [0.5, 0.6) is 0 Å². The monoisotopic (exact) mass is 238 g/mol. The Balaban J connectivity index is 2.21. The highest BCUT2D eigenvalue weighted by Gasteiger charge is 2.37. The van der Waals surface area contributed by atoms with E-state index < -0.39 is 0 Å². The number of carbonyl (C=O) groups excluding carboxylic acids is 1.